The Morgan fingerprint density at radius 2 is 1.92 bits per heavy atom. The number of hydrogen-bond donors (Lipinski definition) is 1. The minimum Gasteiger partial charge on any atom is -0.461 e. The van der Waals surface area contributed by atoms with E-state index < -0.39 is 12.1 Å². The summed E-state index contributed by atoms with van der Waals surface area (Å²) in [5.74, 6) is -0.753. The van der Waals surface area contributed by atoms with Crippen molar-refractivity contribution in [3.8, 4) is 0 Å². The van der Waals surface area contributed by atoms with Gasteiger partial charge in [0.05, 0.1) is 6.10 Å². The maximum atomic E-state index is 11.2. The van der Waals surface area contributed by atoms with Gasteiger partial charge in [-0.2, -0.15) is 0 Å². The Hall–Kier alpha value is -0.830. The molecule has 0 aliphatic carbocycles. The Morgan fingerprint density at radius 1 is 1.38 bits per heavy atom. The van der Waals surface area contributed by atoms with Crippen LogP contribution in [0.15, 0.2) is 12.2 Å². The van der Waals surface area contributed by atoms with Crippen molar-refractivity contribution in [2.75, 3.05) is 0 Å². The van der Waals surface area contributed by atoms with Crippen LogP contribution >= 0.6 is 0 Å². The predicted molar refractivity (Wildman–Crippen MR) is 51.2 cm³/mol. The number of carbonyl (C=O) groups is 1. The van der Waals surface area contributed by atoms with Gasteiger partial charge in [-0.15, -0.1) is 0 Å². The normalized spacial score (nSPS) is 16.2. The lowest BCUT2D eigenvalue weighted by Gasteiger charge is -2.16. The Balaban J connectivity index is 4.09. The van der Waals surface area contributed by atoms with E-state index in [4.69, 9.17) is 4.74 Å². The number of aliphatic hydroxyl groups excluding tert-OH is 1. The van der Waals surface area contributed by atoms with Crippen LogP contribution in [0.4, 0.5) is 0 Å². The van der Waals surface area contributed by atoms with Crippen LogP contribution < -0.4 is 0 Å². The van der Waals surface area contributed by atoms with Crippen molar-refractivity contribution in [3.63, 3.8) is 0 Å². The molecule has 3 heteroatoms. The molecule has 0 aliphatic heterocycles. The molecular formula is C10H18O3. The largest absolute Gasteiger partial charge is 0.461 e. The first-order valence-corrected chi connectivity index (χ1v) is 4.50. The Kier molecular flexibility index (Phi) is 5.39. The van der Waals surface area contributed by atoms with Crippen molar-refractivity contribution in [1.29, 1.82) is 0 Å². The van der Waals surface area contributed by atoms with Gasteiger partial charge >= 0.3 is 5.97 Å². The molecule has 0 bridgehead atoms. The third kappa shape index (κ3) is 4.68. The van der Waals surface area contributed by atoms with E-state index in [-0.39, 0.29) is 12.0 Å². The zero-order valence-electron chi connectivity index (χ0n) is 8.65. The standard InChI is InChI=1S/C10H18O3/c1-5-6-8(4)9(11)10(12)13-7(2)3/h5-9,11H,1-4H3/b6-5-/t8-,9+/m1/s1. The van der Waals surface area contributed by atoms with Crippen molar-refractivity contribution >= 4 is 5.97 Å². The Bertz CT molecular complexity index is 185. The zero-order chi connectivity index (χ0) is 10.4. The molecular weight excluding hydrogens is 168 g/mol. The van der Waals surface area contributed by atoms with Gasteiger partial charge in [0.1, 0.15) is 0 Å². The summed E-state index contributed by atoms with van der Waals surface area (Å²) >= 11 is 0. The van der Waals surface area contributed by atoms with Crippen LogP contribution in [0.5, 0.6) is 0 Å². The summed E-state index contributed by atoms with van der Waals surface area (Å²) in [7, 11) is 0. The van der Waals surface area contributed by atoms with E-state index in [1.165, 1.54) is 0 Å². The molecule has 0 saturated heterocycles. The van der Waals surface area contributed by atoms with Gasteiger partial charge in [-0.05, 0) is 20.8 Å². The molecule has 2 atom stereocenters. The van der Waals surface area contributed by atoms with Gasteiger partial charge in [-0.3, -0.25) is 0 Å². The topological polar surface area (TPSA) is 46.5 Å². The van der Waals surface area contributed by atoms with Gasteiger partial charge in [0.15, 0.2) is 6.10 Å². The average Bonchev–Trinajstić information content (AvgIpc) is 2.02. The van der Waals surface area contributed by atoms with Gasteiger partial charge in [-0.25, -0.2) is 4.79 Å². The molecule has 13 heavy (non-hydrogen) atoms. The number of aliphatic hydroxyl groups is 1. The molecule has 0 unspecified atom stereocenters. The van der Waals surface area contributed by atoms with Gasteiger partial charge in [0.2, 0.25) is 0 Å². The predicted octanol–water partition coefficient (Wildman–Crippen LogP) is 1.51. The first-order valence-electron chi connectivity index (χ1n) is 4.50. The van der Waals surface area contributed by atoms with Crippen LogP contribution in [0.3, 0.4) is 0 Å². The van der Waals surface area contributed by atoms with Gasteiger partial charge < -0.3 is 9.84 Å². The van der Waals surface area contributed by atoms with Crippen molar-refractivity contribution in [2.24, 2.45) is 5.92 Å². The van der Waals surface area contributed by atoms with Gasteiger partial charge in [0.25, 0.3) is 0 Å². The molecule has 0 aliphatic rings. The molecule has 0 amide bonds. The highest BCUT2D eigenvalue weighted by Crippen LogP contribution is 2.07. The summed E-state index contributed by atoms with van der Waals surface area (Å²) in [6, 6.07) is 0. The van der Waals surface area contributed by atoms with Crippen LogP contribution in [-0.4, -0.2) is 23.3 Å². The van der Waals surface area contributed by atoms with E-state index in [0.717, 1.165) is 0 Å². The molecule has 0 spiro atoms. The lowest BCUT2D eigenvalue weighted by molar-refractivity contribution is -0.159. The van der Waals surface area contributed by atoms with E-state index in [1.807, 2.05) is 6.92 Å². The van der Waals surface area contributed by atoms with Crippen molar-refractivity contribution < 1.29 is 14.6 Å². The number of ether oxygens (including phenoxy) is 1. The lowest BCUT2D eigenvalue weighted by atomic mass is 10.0. The van der Waals surface area contributed by atoms with E-state index in [9.17, 15) is 9.90 Å². The molecule has 0 aromatic heterocycles. The number of rotatable bonds is 4. The van der Waals surface area contributed by atoms with Crippen LogP contribution in [0, 0.1) is 5.92 Å². The molecule has 3 nitrogen and oxygen atoms in total. The Labute approximate surface area is 79.4 Å². The third-order valence-corrected chi connectivity index (χ3v) is 1.59. The fourth-order valence-electron chi connectivity index (χ4n) is 0.925. The summed E-state index contributed by atoms with van der Waals surface area (Å²) in [6.45, 7) is 7.12. The van der Waals surface area contributed by atoms with Crippen molar-refractivity contribution in [1.82, 2.24) is 0 Å². The van der Waals surface area contributed by atoms with E-state index in [0.29, 0.717) is 0 Å². The average molecular weight is 186 g/mol. The fraction of sp³-hybridized carbons (Fsp3) is 0.700. The molecule has 0 aromatic carbocycles. The first kappa shape index (κ1) is 12.2. The summed E-state index contributed by atoms with van der Waals surface area (Å²) in [5, 5.41) is 9.44. The van der Waals surface area contributed by atoms with Crippen molar-refractivity contribution in [2.45, 2.75) is 39.9 Å². The minimum absolute atomic E-state index is 0.181. The maximum absolute atomic E-state index is 11.2. The second kappa shape index (κ2) is 5.75. The third-order valence-electron chi connectivity index (χ3n) is 1.59. The molecule has 76 valence electrons. The fourth-order valence-corrected chi connectivity index (χ4v) is 0.925. The van der Waals surface area contributed by atoms with Crippen LogP contribution in [0.2, 0.25) is 0 Å². The van der Waals surface area contributed by atoms with Crippen LogP contribution in [0.1, 0.15) is 27.7 Å². The lowest BCUT2D eigenvalue weighted by Crippen LogP contribution is -2.30. The number of hydrogen-bond acceptors (Lipinski definition) is 3. The monoisotopic (exact) mass is 186 g/mol. The smallest absolute Gasteiger partial charge is 0.335 e. The number of carbonyl (C=O) groups excluding carboxylic acids is 1. The molecule has 0 fully saturated rings. The molecule has 0 radical (unpaired) electrons. The quantitative estimate of drug-likeness (QED) is 0.534. The second-order valence-electron chi connectivity index (χ2n) is 3.32. The molecule has 1 N–H and O–H groups in total. The highest BCUT2D eigenvalue weighted by atomic mass is 16.6. The number of esters is 1. The molecule has 0 heterocycles. The van der Waals surface area contributed by atoms with Crippen LogP contribution in [0.25, 0.3) is 0 Å². The van der Waals surface area contributed by atoms with E-state index in [2.05, 4.69) is 0 Å². The maximum Gasteiger partial charge on any atom is 0.335 e. The highest BCUT2D eigenvalue weighted by molar-refractivity contribution is 5.75. The van der Waals surface area contributed by atoms with Crippen molar-refractivity contribution in [3.05, 3.63) is 12.2 Å². The van der Waals surface area contributed by atoms with E-state index in [1.54, 1.807) is 32.9 Å². The molecule has 0 saturated carbocycles. The Morgan fingerprint density at radius 3 is 2.31 bits per heavy atom. The van der Waals surface area contributed by atoms with Gasteiger partial charge in [0, 0.05) is 5.92 Å². The second-order valence-corrected chi connectivity index (χ2v) is 3.32. The summed E-state index contributed by atoms with van der Waals surface area (Å²) in [6.07, 6.45) is 2.33. The summed E-state index contributed by atoms with van der Waals surface area (Å²) < 4.78 is 4.86. The first-order chi connectivity index (χ1) is 5.99. The zero-order valence-corrected chi connectivity index (χ0v) is 8.65. The van der Waals surface area contributed by atoms with Gasteiger partial charge in [-0.1, -0.05) is 19.1 Å². The summed E-state index contributed by atoms with van der Waals surface area (Å²) in [5.41, 5.74) is 0. The SMILES string of the molecule is C/C=C\[C@@H](C)[C@H](O)C(=O)OC(C)C. The summed E-state index contributed by atoms with van der Waals surface area (Å²) in [4.78, 5) is 11.2. The number of allylic oxidation sites excluding steroid dienone is 1. The highest BCUT2D eigenvalue weighted by Gasteiger charge is 2.22. The minimum atomic E-state index is -1.06. The molecule has 0 rings (SSSR count). The molecule has 0 aromatic rings. The van der Waals surface area contributed by atoms with Crippen LogP contribution in [-0.2, 0) is 9.53 Å². The van der Waals surface area contributed by atoms with E-state index >= 15 is 0 Å².